The van der Waals surface area contributed by atoms with Gasteiger partial charge in [0.2, 0.25) is 0 Å². The first kappa shape index (κ1) is 13.9. The molecular weight excluding hydrogens is 234 g/mol. The first-order valence-electron chi connectivity index (χ1n) is 6.09. The summed E-state index contributed by atoms with van der Waals surface area (Å²) >= 11 is 3.75. The molecule has 90 valence electrons. The van der Waals surface area contributed by atoms with E-state index >= 15 is 0 Å². The number of thioether (sulfide) groups is 2. The van der Waals surface area contributed by atoms with Gasteiger partial charge in [0, 0.05) is 0 Å². The molecule has 0 fully saturated rings. The normalized spacial score (nSPS) is 10.6. The topological polar surface area (TPSA) is 12.9 Å². The molecule has 0 unspecified atom stereocenters. The molecule has 1 heterocycles. The van der Waals surface area contributed by atoms with E-state index in [1.54, 1.807) is 0 Å². The van der Waals surface area contributed by atoms with Crippen molar-refractivity contribution in [3.8, 4) is 0 Å². The van der Waals surface area contributed by atoms with Crippen molar-refractivity contribution >= 4 is 23.5 Å². The van der Waals surface area contributed by atoms with Gasteiger partial charge in [0.25, 0.3) is 0 Å². The van der Waals surface area contributed by atoms with E-state index in [4.69, 9.17) is 0 Å². The van der Waals surface area contributed by atoms with Crippen molar-refractivity contribution in [3.05, 3.63) is 18.2 Å². The minimum atomic E-state index is 1.18. The SMILES string of the molecule is CCCCSc1cccc(SCCCC)n1. The number of rotatable bonds is 8. The highest BCUT2D eigenvalue weighted by molar-refractivity contribution is 7.99. The summed E-state index contributed by atoms with van der Waals surface area (Å²) in [7, 11) is 0. The Labute approximate surface area is 108 Å². The minimum absolute atomic E-state index is 1.18. The molecule has 0 radical (unpaired) electrons. The Kier molecular flexibility index (Phi) is 7.77. The standard InChI is InChI=1S/C13H21NS2/c1-3-5-10-15-12-8-7-9-13(14-12)16-11-6-4-2/h7-9H,3-6,10-11H2,1-2H3. The molecule has 0 saturated heterocycles. The van der Waals surface area contributed by atoms with E-state index < -0.39 is 0 Å². The number of aromatic nitrogens is 1. The van der Waals surface area contributed by atoms with Crippen molar-refractivity contribution in [3.63, 3.8) is 0 Å². The summed E-state index contributed by atoms with van der Waals surface area (Å²) in [6, 6.07) is 6.35. The van der Waals surface area contributed by atoms with Gasteiger partial charge in [0.05, 0.1) is 10.1 Å². The van der Waals surface area contributed by atoms with Crippen LogP contribution in [0, 0.1) is 0 Å². The highest BCUT2D eigenvalue weighted by atomic mass is 32.2. The van der Waals surface area contributed by atoms with E-state index in [9.17, 15) is 0 Å². The molecule has 16 heavy (non-hydrogen) atoms. The summed E-state index contributed by atoms with van der Waals surface area (Å²) in [5.74, 6) is 2.37. The third-order valence-electron chi connectivity index (χ3n) is 2.19. The van der Waals surface area contributed by atoms with Crippen LogP contribution < -0.4 is 0 Å². The lowest BCUT2D eigenvalue weighted by Gasteiger charge is -2.03. The van der Waals surface area contributed by atoms with Crippen molar-refractivity contribution < 1.29 is 0 Å². The second kappa shape index (κ2) is 8.94. The van der Waals surface area contributed by atoms with Gasteiger partial charge in [-0.3, -0.25) is 0 Å². The maximum atomic E-state index is 4.64. The highest BCUT2D eigenvalue weighted by Gasteiger charge is 1.99. The molecule has 3 heteroatoms. The Hall–Kier alpha value is -0.150. The first-order valence-corrected chi connectivity index (χ1v) is 8.06. The Morgan fingerprint density at radius 1 is 0.938 bits per heavy atom. The van der Waals surface area contributed by atoms with Gasteiger partial charge >= 0.3 is 0 Å². The fourth-order valence-electron chi connectivity index (χ4n) is 1.20. The molecule has 1 aromatic rings. The summed E-state index contributed by atoms with van der Waals surface area (Å²) in [5, 5.41) is 2.35. The van der Waals surface area contributed by atoms with Gasteiger partial charge in [0.1, 0.15) is 0 Å². The van der Waals surface area contributed by atoms with E-state index in [-0.39, 0.29) is 0 Å². The Bertz CT molecular complexity index is 264. The zero-order chi connectivity index (χ0) is 11.6. The molecule has 0 bridgehead atoms. The molecule has 0 aliphatic heterocycles. The number of hydrogen-bond donors (Lipinski definition) is 0. The van der Waals surface area contributed by atoms with Gasteiger partial charge in [-0.15, -0.1) is 23.5 Å². The number of nitrogens with zero attached hydrogens (tertiary/aromatic N) is 1. The zero-order valence-corrected chi connectivity index (χ0v) is 11.9. The Morgan fingerprint density at radius 3 is 1.88 bits per heavy atom. The summed E-state index contributed by atoms with van der Waals surface area (Å²) in [5.41, 5.74) is 0. The van der Waals surface area contributed by atoms with Gasteiger partial charge in [0.15, 0.2) is 0 Å². The maximum absolute atomic E-state index is 4.64. The van der Waals surface area contributed by atoms with Crippen LogP contribution in [0.25, 0.3) is 0 Å². The van der Waals surface area contributed by atoms with E-state index in [0.717, 1.165) is 0 Å². The van der Waals surface area contributed by atoms with Crippen LogP contribution in [0.15, 0.2) is 28.3 Å². The van der Waals surface area contributed by atoms with Gasteiger partial charge < -0.3 is 0 Å². The third-order valence-corrected chi connectivity index (χ3v) is 4.23. The molecule has 0 aliphatic carbocycles. The second-order valence-corrected chi connectivity index (χ2v) is 5.95. The van der Waals surface area contributed by atoms with Gasteiger partial charge in [-0.05, 0) is 36.5 Å². The van der Waals surface area contributed by atoms with Crippen molar-refractivity contribution in [1.29, 1.82) is 0 Å². The molecule has 0 aromatic carbocycles. The number of unbranched alkanes of at least 4 members (excludes halogenated alkanes) is 2. The molecule has 0 N–H and O–H groups in total. The number of hydrogen-bond acceptors (Lipinski definition) is 3. The Morgan fingerprint density at radius 2 is 1.44 bits per heavy atom. The van der Waals surface area contributed by atoms with Gasteiger partial charge in [-0.1, -0.05) is 32.8 Å². The van der Waals surface area contributed by atoms with E-state index in [1.165, 1.54) is 47.2 Å². The van der Waals surface area contributed by atoms with Crippen LogP contribution in [0.3, 0.4) is 0 Å². The van der Waals surface area contributed by atoms with Crippen molar-refractivity contribution in [2.24, 2.45) is 0 Å². The summed E-state index contributed by atoms with van der Waals surface area (Å²) in [6.45, 7) is 4.45. The van der Waals surface area contributed by atoms with Crippen molar-refractivity contribution in [2.45, 2.75) is 49.6 Å². The molecule has 0 atom stereocenters. The van der Waals surface area contributed by atoms with Crippen LogP contribution in [-0.2, 0) is 0 Å². The summed E-state index contributed by atoms with van der Waals surface area (Å²) in [6.07, 6.45) is 5.08. The second-order valence-electron chi connectivity index (χ2n) is 3.72. The number of pyridine rings is 1. The lowest BCUT2D eigenvalue weighted by molar-refractivity contribution is 0.888. The highest BCUT2D eigenvalue weighted by Crippen LogP contribution is 2.22. The molecule has 1 rings (SSSR count). The molecule has 0 saturated carbocycles. The summed E-state index contributed by atoms with van der Waals surface area (Å²) in [4.78, 5) is 4.64. The van der Waals surface area contributed by atoms with Gasteiger partial charge in [-0.25, -0.2) is 4.98 Å². The lowest BCUT2D eigenvalue weighted by Crippen LogP contribution is -1.86. The van der Waals surface area contributed by atoms with E-state index in [1.807, 2.05) is 23.5 Å². The van der Waals surface area contributed by atoms with Crippen LogP contribution in [0.4, 0.5) is 0 Å². The van der Waals surface area contributed by atoms with Crippen LogP contribution in [0.5, 0.6) is 0 Å². The minimum Gasteiger partial charge on any atom is -0.235 e. The Balaban J connectivity index is 2.37. The average molecular weight is 255 g/mol. The maximum Gasteiger partial charge on any atom is 0.0973 e. The van der Waals surface area contributed by atoms with Crippen molar-refractivity contribution in [2.75, 3.05) is 11.5 Å². The monoisotopic (exact) mass is 255 g/mol. The van der Waals surface area contributed by atoms with E-state index in [2.05, 4.69) is 37.0 Å². The molecule has 0 amide bonds. The van der Waals surface area contributed by atoms with Crippen molar-refractivity contribution in [1.82, 2.24) is 4.98 Å². The molecular formula is C13H21NS2. The molecule has 0 aliphatic rings. The first-order chi connectivity index (χ1) is 7.86. The van der Waals surface area contributed by atoms with Crippen LogP contribution >= 0.6 is 23.5 Å². The predicted molar refractivity (Wildman–Crippen MR) is 75.5 cm³/mol. The lowest BCUT2D eigenvalue weighted by atomic mass is 10.4. The van der Waals surface area contributed by atoms with E-state index in [0.29, 0.717) is 0 Å². The largest absolute Gasteiger partial charge is 0.235 e. The van der Waals surface area contributed by atoms with Crippen LogP contribution in [0.1, 0.15) is 39.5 Å². The summed E-state index contributed by atoms with van der Waals surface area (Å²) < 4.78 is 0. The average Bonchev–Trinajstić information content (AvgIpc) is 2.30. The fourth-order valence-corrected chi connectivity index (χ4v) is 3.22. The van der Waals surface area contributed by atoms with Gasteiger partial charge in [-0.2, -0.15) is 0 Å². The zero-order valence-electron chi connectivity index (χ0n) is 10.2. The predicted octanol–water partition coefficient (Wildman–Crippen LogP) is 4.87. The molecule has 0 spiro atoms. The molecule has 1 aromatic heterocycles. The van der Waals surface area contributed by atoms with Crippen LogP contribution in [-0.4, -0.2) is 16.5 Å². The molecule has 1 nitrogen and oxygen atoms in total. The van der Waals surface area contributed by atoms with Crippen LogP contribution in [0.2, 0.25) is 0 Å². The quantitative estimate of drug-likeness (QED) is 0.486. The third kappa shape index (κ3) is 5.80. The fraction of sp³-hybridized carbons (Fsp3) is 0.615. The smallest absolute Gasteiger partial charge is 0.0973 e.